The number of hydrogen-bond acceptors (Lipinski definition) is 3. The fraction of sp³-hybridized carbons (Fsp3) is 0.0435. The Balaban J connectivity index is 1.94. The SMILES string of the molecule is O=C1C(=O)N(c2ccc(Cl)cc2)C(c2ccccc2)/C1=C(/O)c1ccccc1. The Labute approximate surface area is 167 Å². The lowest BCUT2D eigenvalue weighted by atomic mass is 9.95. The van der Waals surface area contributed by atoms with Gasteiger partial charge in [0.25, 0.3) is 11.7 Å². The van der Waals surface area contributed by atoms with Gasteiger partial charge in [-0.3, -0.25) is 14.5 Å². The van der Waals surface area contributed by atoms with E-state index < -0.39 is 17.7 Å². The average molecular weight is 390 g/mol. The minimum atomic E-state index is -0.734. The molecule has 3 aromatic rings. The quantitative estimate of drug-likeness (QED) is 0.391. The van der Waals surface area contributed by atoms with E-state index in [0.29, 0.717) is 16.3 Å². The fourth-order valence-corrected chi connectivity index (χ4v) is 3.53. The van der Waals surface area contributed by atoms with Crippen LogP contribution >= 0.6 is 11.6 Å². The van der Waals surface area contributed by atoms with Gasteiger partial charge in [-0.15, -0.1) is 0 Å². The predicted octanol–water partition coefficient (Wildman–Crippen LogP) is 4.97. The highest BCUT2D eigenvalue weighted by molar-refractivity contribution is 6.51. The first kappa shape index (κ1) is 18.0. The molecule has 0 radical (unpaired) electrons. The van der Waals surface area contributed by atoms with Crippen molar-refractivity contribution < 1.29 is 14.7 Å². The van der Waals surface area contributed by atoms with Gasteiger partial charge in [0.15, 0.2) is 0 Å². The maximum absolute atomic E-state index is 12.9. The van der Waals surface area contributed by atoms with Gasteiger partial charge in [-0.1, -0.05) is 72.3 Å². The molecule has 138 valence electrons. The Morgan fingerprint density at radius 3 is 2.00 bits per heavy atom. The van der Waals surface area contributed by atoms with Gasteiger partial charge in [0.1, 0.15) is 5.76 Å². The number of carbonyl (C=O) groups excluding carboxylic acids is 2. The van der Waals surface area contributed by atoms with Crippen LogP contribution in [0, 0.1) is 0 Å². The molecule has 0 aromatic heterocycles. The fourth-order valence-electron chi connectivity index (χ4n) is 3.40. The van der Waals surface area contributed by atoms with Crippen LogP contribution < -0.4 is 4.90 Å². The number of Topliss-reactive ketones (excluding diaryl/α,β-unsaturated/α-hetero) is 1. The van der Waals surface area contributed by atoms with Crippen LogP contribution in [0.4, 0.5) is 5.69 Å². The molecule has 0 saturated carbocycles. The van der Waals surface area contributed by atoms with Crippen LogP contribution in [-0.2, 0) is 9.59 Å². The van der Waals surface area contributed by atoms with Gasteiger partial charge in [-0.25, -0.2) is 0 Å². The first-order valence-corrected chi connectivity index (χ1v) is 9.12. The summed E-state index contributed by atoms with van der Waals surface area (Å²) < 4.78 is 0. The van der Waals surface area contributed by atoms with Crippen LogP contribution in [-0.4, -0.2) is 16.8 Å². The summed E-state index contributed by atoms with van der Waals surface area (Å²) in [5.41, 5.74) is 1.82. The molecule has 1 N–H and O–H groups in total. The molecule has 0 spiro atoms. The van der Waals surface area contributed by atoms with E-state index in [1.54, 1.807) is 48.5 Å². The van der Waals surface area contributed by atoms with E-state index in [1.165, 1.54) is 4.90 Å². The van der Waals surface area contributed by atoms with Crippen molar-refractivity contribution in [3.63, 3.8) is 0 Å². The van der Waals surface area contributed by atoms with Crippen molar-refractivity contribution >= 4 is 34.7 Å². The number of carbonyl (C=O) groups is 2. The monoisotopic (exact) mass is 389 g/mol. The van der Waals surface area contributed by atoms with Crippen molar-refractivity contribution in [2.45, 2.75) is 6.04 Å². The van der Waals surface area contributed by atoms with E-state index in [-0.39, 0.29) is 11.3 Å². The van der Waals surface area contributed by atoms with Gasteiger partial charge in [-0.2, -0.15) is 0 Å². The number of rotatable bonds is 3. The highest BCUT2D eigenvalue weighted by Gasteiger charge is 2.46. The molecule has 1 aliphatic rings. The number of hydrogen-bond donors (Lipinski definition) is 1. The van der Waals surface area contributed by atoms with E-state index in [2.05, 4.69) is 0 Å². The number of aliphatic hydroxyl groups excluding tert-OH is 1. The summed E-state index contributed by atoms with van der Waals surface area (Å²) >= 11 is 5.98. The summed E-state index contributed by atoms with van der Waals surface area (Å²) in [6.07, 6.45) is 0. The lowest BCUT2D eigenvalue weighted by Crippen LogP contribution is -2.29. The molecule has 1 unspecified atom stereocenters. The van der Waals surface area contributed by atoms with Gasteiger partial charge in [0.05, 0.1) is 11.6 Å². The molecule has 1 fully saturated rings. The lowest BCUT2D eigenvalue weighted by Gasteiger charge is -2.25. The first-order valence-electron chi connectivity index (χ1n) is 8.75. The topological polar surface area (TPSA) is 57.6 Å². The molecule has 1 atom stereocenters. The summed E-state index contributed by atoms with van der Waals surface area (Å²) in [5.74, 6) is -1.59. The van der Waals surface area contributed by atoms with Crippen LogP contribution in [0.3, 0.4) is 0 Å². The van der Waals surface area contributed by atoms with Crippen LogP contribution in [0.1, 0.15) is 17.2 Å². The summed E-state index contributed by atoms with van der Waals surface area (Å²) in [6.45, 7) is 0. The molecule has 1 heterocycles. The van der Waals surface area contributed by atoms with Gasteiger partial charge < -0.3 is 5.11 Å². The molecule has 0 aliphatic carbocycles. The smallest absolute Gasteiger partial charge is 0.300 e. The summed E-state index contributed by atoms with van der Waals surface area (Å²) in [7, 11) is 0. The van der Waals surface area contributed by atoms with Crippen LogP contribution in [0.2, 0.25) is 5.02 Å². The standard InChI is InChI=1S/C23H16ClNO3/c24-17-11-13-18(14-12-17)25-20(15-7-3-1-4-8-15)19(22(27)23(25)28)21(26)16-9-5-2-6-10-16/h1-14,20,26H/b21-19-. The Hall–Kier alpha value is -3.37. The van der Waals surface area contributed by atoms with Gasteiger partial charge in [0, 0.05) is 16.3 Å². The van der Waals surface area contributed by atoms with Crippen molar-refractivity contribution in [1.29, 1.82) is 0 Å². The lowest BCUT2D eigenvalue weighted by molar-refractivity contribution is -0.132. The molecular weight excluding hydrogens is 374 g/mol. The molecule has 5 heteroatoms. The van der Waals surface area contributed by atoms with Crippen molar-refractivity contribution in [1.82, 2.24) is 0 Å². The maximum atomic E-state index is 12.9. The molecular formula is C23H16ClNO3. The predicted molar refractivity (Wildman–Crippen MR) is 109 cm³/mol. The highest BCUT2D eigenvalue weighted by atomic mass is 35.5. The second kappa shape index (κ2) is 7.33. The number of benzene rings is 3. The zero-order chi connectivity index (χ0) is 19.7. The maximum Gasteiger partial charge on any atom is 0.300 e. The Kier molecular flexibility index (Phi) is 4.72. The largest absolute Gasteiger partial charge is 0.507 e. The number of halogens is 1. The molecule has 4 nitrogen and oxygen atoms in total. The van der Waals surface area contributed by atoms with Gasteiger partial charge in [-0.05, 0) is 29.8 Å². The minimum Gasteiger partial charge on any atom is -0.507 e. The van der Waals surface area contributed by atoms with Crippen molar-refractivity contribution in [2.75, 3.05) is 4.90 Å². The first-order chi connectivity index (χ1) is 13.6. The van der Waals surface area contributed by atoms with E-state index >= 15 is 0 Å². The number of anilines is 1. The molecule has 4 rings (SSSR count). The zero-order valence-corrected chi connectivity index (χ0v) is 15.5. The van der Waals surface area contributed by atoms with Crippen LogP contribution in [0.15, 0.2) is 90.5 Å². The number of aliphatic hydroxyl groups is 1. The third-order valence-corrected chi connectivity index (χ3v) is 4.96. The Morgan fingerprint density at radius 2 is 1.39 bits per heavy atom. The van der Waals surface area contributed by atoms with E-state index in [9.17, 15) is 14.7 Å². The molecule has 0 bridgehead atoms. The molecule has 1 amide bonds. The van der Waals surface area contributed by atoms with Crippen molar-refractivity contribution in [2.24, 2.45) is 0 Å². The zero-order valence-electron chi connectivity index (χ0n) is 14.7. The molecule has 1 aliphatic heterocycles. The summed E-state index contributed by atoms with van der Waals surface area (Å²) in [4.78, 5) is 27.2. The third kappa shape index (κ3) is 3.08. The second-order valence-electron chi connectivity index (χ2n) is 6.42. The minimum absolute atomic E-state index is 0.0670. The average Bonchev–Trinajstić information content (AvgIpc) is 3.00. The molecule has 28 heavy (non-hydrogen) atoms. The number of amides is 1. The highest BCUT2D eigenvalue weighted by Crippen LogP contribution is 2.42. The Morgan fingerprint density at radius 1 is 0.821 bits per heavy atom. The Bertz CT molecular complexity index is 1060. The summed E-state index contributed by atoms with van der Waals surface area (Å²) in [6, 6.07) is 23.9. The van der Waals surface area contributed by atoms with Crippen LogP contribution in [0.5, 0.6) is 0 Å². The van der Waals surface area contributed by atoms with Gasteiger partial charge >= 0.3 is 0 Å². The van der Waals surface area contributed by atoms with Crippen molar-refractivity contribution in [3.05, 3.63) is 107 Å². The normalized spacial score (nSPS) is 18.5. The van der Waals surface area contributed by atoms with E-state index in [0.717, 1.165) is 5.56 Å². The molecule has 1 saturated heterocycles. The third-order valence-electron chi connectivity index (χ3n) is 4.71. The van der Waals surface area contributed by atoms with Gasteiger partial charge in [0.2, 0.25) is 0 Å². The number of ketones is 1. The molecule has 3 aromatic carbocycles. The number of nitrogens with zero attached hydrogens (tertiary/aromatic N) is 1. The summed E-state index contributed by atoms with van der Waals surface area (Å²) in [5, 5.41) is 11.4. The second-order valence-corrected chi connectivity index (χ2v) is 6.86. The van der Waals surface area contributed by atoms with E-state index in [4.69, 9.17) is 11.6 Å². The van der Waals surface area contributed by atoms with Crippen LogP contribution in [0.25, 0.3) is 5.76 Å². The van der Waals surface area contributed by atoms with Crippen molar-refractivity contribution in [3.8, 4) is 0 Å². The van der Waals surface area contributed by atoms with E-state index in [1.807, 2.05) is 36.4 Å².